The van der Waals surface area contributed by atoms with Crippen molar-refractivity contribution < 1.29 is 23.9 Å². The Bertz CT molecular complexity index is 262. The summed E-state index contributed by atoms with van der Waals surface area (Å²) in [5.74, 6) is -1.87. The Morgan fingerprint density at radius 2 is 1.94 bits per heavy atom. The van der Waals surface area contributed by atoms with E-state index >= 15 is 0 Å². The lowest BCUT2D eigenvalue weighted by Crippen LogP contribution is -2.35. The molecule has 5 heteroatoms. The maximum atomic E-state index is 11.4. The van der Waals surface area contributed by atoms with Gasteiger partial charge >= 0.3 is 11.9 Å². The molecule has 0 aromatic carbocycles. The summed E-state index contributed by atoms with van der Waals surface area (Å²) in [6.07, 6.45) is 2.35. The normalized spacial score (nSPS) is 13.6. The zero-order valence-electron chi connectivity index (χ0n) is 10.6. The Balaban J connectivity index is 4.28. The molecule has 0 N–H and O–H groups in total. The zero-order chi connectivity index (χ0) is 13.3. The largest absolute Gasteiger partial charge is 0.466 e. The van der Waals surface area contributed by atoms with Crippen LogP contribution in [0.1, 0.15) is 39.5 Å². The van der Waals surface area contributed by atoms with Gasteiger partial charge in [0.05, 0.1) is 13.0 Å². The van der Waals surface area contributed by atoms with Gasteiger partial charge in [0.1, 0.15) is 6.29 Å². The third kappa shape index (κ3) is 6.04. The molecule has 5 nitrogen and oxygen atoms in total. The van der Waals surface area contributed by atoms with Crippen LogP contribution in [0.3, 0.4) is 0 Å². The average molecular weight is 244 g/mol. The predicted octanol–water partition coefficient (Wildman–Crippen LogP) is 1.49. The van der Waals surface area contributed by atoms with Crippen molar-refractivity contribution >= 4 is 18.2 Å². The second-order valence-electron chi connectivity index (χ2n) is 3.89. The summed E-state index contributed by atoms with van der Waals surface area (Å²) in [6, 6.07) is 0. The molecule has 0 spiro atoms. The minimum Gasteiger partial charge on any atom is -0.466 e. The monoisotopic (exact) mass is 244 g/mol. The van der Waals surface area contributed by atoms with Crippen LogP contribution in [0.2, 0.25) is 0 Å². The first-order chi connectivity index (χ1) is 8.06. The quantitative estimate of drug-likeness (QED) is 0.367. The molecule has 0 fully saturated rings. The van der Waals surface area contributed by atoms with Crippen molar-refractivity contribution in [1.82, 2.24) is 0 Å². The van der Waals surface area contributed by atoms with Gasteiger partial charge in [-0.1, -0.05) is 26.7 Å². The van der Waals surface area contributed by atoms with E-state index in [0.717, 1.165) is 19.3 Å². The highest BCUT2D eigenvalue weighted by atomic mass is 16.6. The van der Waals surface area contributed by atoms with E-state index in [0.29, 0.717) is 6.29 Å². The molecule has 0 aliphatic carbocycles. The van der Waals surface area contributed by atoms with E-state index in [1.165, 1.54) is 14.0 Å². The Hall–Kier alpha value is -1.39. The molecule has 0 radical (unpaired) electrons. The predicted molar refractivity (Wildman–Crippen MR) is 61.3 cm³/mol. The SMILES string of the molecule is CCCCCC(=O)OC(C(=O)OC)C(C)C=O. The number of unbranched alkanes of at least 4 members (excludes halogenated alkanes) is 2. The Morgan fingerprint density at radius 1 is 1.29 bits per heavy atom. The Kier molecular flexibility index (Phi) is 8.01. The third-order valence-electron chi connectivity index (χ3n) is 2.37. The van der Waals surface area contributed by atoms with Crippen molar-refractivity contribution in [3.63, 3.8) is 0 Å². The first-order valence-electron chi connectivity index (χ1n) is 5.79. The van der Waals surface area contributed by atoms with Gasteiger partial charge in [-0.2, -0.15) is 0 Å². The smallest absolute Gasteiger partial charge is 0.347 e. The fourth-order valence-corrected chi connectivity index (χ4v) is 1.28. The van der Waals surface area contributed by atoms with Crippen molar-refractivity contribution in [3.8, 4) is 0 Å². The van der Waals surface area contributed by atoms with E-state index in [1.807, 2.05) is 6.92 Å². The molecule has 0 aliphatic heterocycles. The van der Waals surface area contributed by atoms with E-state index in [4.69, 9.17) is 4.74 Å². The standard InChI is InChI=1S/C12H20O5/c1-4-5-6-7-10(14)17-11(9(2)8-13)12(15)16-3/h8-9,11H,4-7H2,1-3H3. The maximum Gasteiger partial charge on any atom is 0.347 e. The Morgan fingerprint density at radius 3 is 2.41 bits per heavy atom. The summed E-state index contributed by atoms with van der Waals surface area (Å²) in [7, 11) is 1.19. The number of carbonyl (C=O) groups is 3. The van der Waals surface area contributed by atoms with Crippen LogP contribution < -0.4 is 0 Å². The van der Waals surface area contributed by atoms with Crippen LogP contribution in [0.5, 0.6) is 0 Å². The molecule has 2 atom stereocenters. The molecule has 98 valence electrons. The number of methoxy groups -OCH3 is 1. The number of hydrogen-bond acceptors (Lipinski definition) is 5. The molecular weight excluding hydrogens is 224 g/mol. The summed E-state index contributed by atoms with van der Waals surface area (Å²) < 4.78 is 9.44. The highest BCUT2D eigenvalue weighted by molar-refractivity contribution is 5.82. The van der Waals surface area contributed by atoms with Crippen LogP contribution in [0.25, 0.3) is 0 Å². The minimum absolute atomic E-state index is 0.257. The van der Waals surface area contributed by atoms with Gasteiger partial charge in [0.15, 0.2) is 0 Å². The number of esters is 2. The molecule has 0 saturated carbocycles. The van der Waals surface area contributed by atoms with Gasteiger partial charge in [-0.15, -0.1) is 0 Å². The fraction of sp³-hybridized carbons (Fsp3) is 0.750. The van der Waals surface area contributed by atoms with Gasteiger partial charge in [0, 0.05) is 6.42 Å². The van der Waals surface area contributed by atoms with Crippen LogP contribution >= 0.6 is 0 Å². The van der Waals surface area contributed by atoms with Crippen molar-refractivity contribution in [2.24, 2.45) is 5.92 Å². The lowest BCUT2D eigenvalue weighted by Gasteiger charge is -2.17. The van der Waals surface area contributed by atoms with Crippen molar-refractivity contribution in [3.05, 3.63) is 0 Å². The van der Waals surface area contributed by atoms with E-state index < -0.39 is 24.0 Å². The van der Waals surface area contributed by atoms with Crippen LogP contribution in [-0.4, -0.2) is 31.4 Å². The topological polar surface area (TPSA) is 69.7 Å². The molecular formula is C12H20O5. The number of carbonyl (C=O) groups excluding carboxylic acids is 3. The van der Waals surface area contributed by atoms with E-state index in [1.54, 1.807) is 0 Å². The molecule has 17 heavy (non-hydrogen) atoms. The lowest BCUT2D eigenvalue weighted by molar-refractivity contribution is -0.169. The molecule has 2 unspecified atom stereocenters. The average Bonchev–Trinajstić information content (AvgIpc) is 2.34. The molecule has 0 aliphatic rings. The van der Waals surface area contributed by atoms with Crippen molar-refractivity contribution in [2.45, 2.75) is 45.6 Å². The second kappa shape index (κ2) is 8.73. The summed E-state index contributed by atoms with van der Waals surface area (Å²) in [5.41, 5.74) is 0. The Labute approximate surface area is 101 Å². The van der Waals surface area contributed by atoms with Crippen LogP contribution in [0.15, 0.2) is 0 Å². The molecule has 0 saturated heterocycles. The molecule has 0 aromatic heterocycles. The van der Waals surface area contributed by atoms with Gasteiger partial charge in [0.25, 0.3) is 0 Å². The van der Waals surface area contributed by atoms with Crippen LogP contribution in [0, 0.1) is 5.92 Å². The molecule has 0 rings (SSSR count). The maximum absolute atomic E-state index is 11.4. The van der Waals surface area contributed by atoms with Gasteiger partial charge in [-0.25, -0.2) is 4.79 Å². The van der Waals surface area contributed by atoms with Crippen molar-refractivity contribution in [2.75, 3.05) is 7.11 Å². The molecule has 0 aromatic rings. The highest BCUT2D eigenvalue weighted by Gasteiger charge is 2.29. The minimum atomic E-state index is -1.13. The summed E-state index contributed by atoms with van der Waals surface area (Å²) in [5, 5.41) is 0. The molecule has 0 bridgehead atoms. The molecule has 0 heterocycles. The molecule has 0 amide bonds. The third-order valence-corrected chi connectivity index (χ3v) is 2.37. The zero-order valence-corrected chi connectivity index (χ0v) is 10.6. The van der Waals surface area contributed by atoms with Crippen LogP contribution in [-0.2, 0) is 23.9 Å². The van der Waals surface area contributed by atoms with Crippen molar-refractivity contribution in [1.29, 1.82) is 0 Å². The summed E-state index contributed by atoms with van der Waals surface area (Å²) in [6.45, 7) is 3.53. The number of rotatable bonds is 8. The van der Waals surface area contributed by atoms with E-state index in [9.17, 15) is 14.4 Å². The van der Waals surface area contributed by atoms with E-state index in [2.05, 4.69) is 4.74 Å². The van der Waals surface area contributed by atoms with Gasteiger partial charge < -0.3 is 14.3 Å². The van der Waals surface area contributed by atoms with Crippen LogP contribution in [0.4, 0.5) is 0 Å². The second-order valence-corrected chi connectivity index (χ2v) is 3.89. The van der Waals surface area contributed by atoms with Gasteiger partial charge in [-0.05, 0) is 6.42 Å². The van der Waals surface area contributed by atoms with Gasteiger partial charge in [-0.3, -0.25) is 4.79 Å². The first kappa shape index (κ1) is 15.6. The van der Waals surface area contributed by atoms with Gasteiger partial charge in [0.2, 0.25) is 6.10 Å². The number of aldehydes is 1. The number of hydrogen-bond donors (Lipinski definition) is 0. The lowest BCUT2D eigenvalue weighted by atomic mass is 10.1. The van der Waals surface area contributed by atoms with E-state index in [-0.39, 0.29) is 6.42 Å². The fourth-order valence-electron chi connectivity index (χ4n) is 1.28. The summed E-state index contributed by atoms with van der Waals surface area (Å²) in [4.78, 5) is 33.4. The first-order valence-corrected chi connectivity index (χ1v) is 5.79. The summed E-state index contributed by atoms with van der Waals surface area (Å²) >= 11 is 0. The number of ether oxygens (including phenoxy) is 2. The highest BCUT2D eigenvalue weighted by Crippen LogP contribution is 2.10.